The molecule has 0 aromatic heterocycles. The lowest BCUT2D eigenvalue weighted by molar-refractivity contribution is 0.328. The maximum absolute atomic E-state index is 5.96. The molecule has 0 rings (SSSR count). The second-order valence-electron chi connectivity index (χ2n) is 5.03. The van der Waals surface area contributed by atoms with Gasteiger partial charge in [0.2, 0.25) is 0 Å². The van der Waals surface area contributed by atoms with Crippen LogP contribution in [0.3, 0.4) is 0 Å². The van der Waals surface area contributed by atoms with Crippen molar-refractivity contribution in [3.63, 3.8) is 0 Å². The Labute approximate surface area is 90.0 Å². The third-order valence-electron chi connectivity index (χ3n) is 2.79. The van der Waals surface area contributed by atoms with Crippen LogP contribution in [-0.2, 0) is 4.43 Å². The summed E-state index contributed by atoms with van der Waals surface area (Å²) < 4.78 is 5.96. The van der Waals surface area contributed by atoms with Crippen molar-refractivity contribution in [3.8, 4) is 0 Å². The van der Waals surface area contributed by atoms with Gasteiger partial charge in [-0.2, -0.15) is 0 Å². The van der Waals surface area contributed by atoms with Gasteiger partial charge >= 0.3 is 0 Å². The van der Waals surface area contributed by atoms with E-state index in [9.17, 15) is 0 Å². The van der Waals surface area contributed by atoms with Gasteiger partial charge in [-0.25, -0.2) is 0 Å². The lowest BCUT2D eigenvalue weighted by Gasteiger charge is -2.35. The van der Waals surface area contributed by atoms with Gasteiger partial charge in [0.25, 0.3) is 0 Å². The first-order chi connectivity index (χ1) is 6.31. The topological polar surface area (TPSA) is 9.23 Å². The Morgan fingerprint density at radius 2 is 1.71 bits per heavy atom. The summed E-state index contributed by atoms with van der Waals surface area (Å²) in [5, 5.41) is 0.307. The summed E-state index contributed by atoms with van der Waals surface area (Å²) in [6.07, 6.45) is 8.14. The van der Waals surface area contributed by atoms with E-state index in [2.05, 4.69) is 39.9 Å². The lowest BCUT2D eigenvalue weighted by Crippen LogP contribution is -2.40. The Kier molecular flexibility index (Phi) is 5.38. The van der Waals surface area contributed by atoms with E-state index in [1.807, 2.05) is 25.2 Å². The van der Waals surface area contributed by atoms with Crippen LogP contribution in [-0.4, -0.2) is 14.9 Å². The highest BCUT2D eigenvalue weighted by Crippen LogP contribution is 2.36. The molecule has 0 heterocycles. The molecular weight excluding hydrogens is 188 g/mol. The third-order valence-corrected chi connectivity index (χ3v) is 7.29. The van der Waals surface area contributed by atoms with E-state index in [1.165, 1.54) is 0 Å². The molecule has 2 heteroatoms. The van der Waals surface area contributed by atoms with Crippen molar-refractivity contribution in [3.05, 3.63) is 24.3 Å². The largest absolute Gasteiger partial charge is 0.413 e. The summed E-state index contributed by atoms with van der Waals surface area (Å²) in [4.78, 5) is 0. The van der Waals surface area contributed by atoms with E-state index in [1.54, 1.807) is 0 Å². The van der Waals surface area contributed by atoms with Crippen molar-refractivity contribution in [1.29, 1.82) is 0 Å². The molecule has 0 unspecified atom stereocenters. The first-order valence-corrected chi connectivity index (χ1v) is 8.14. The average molecular weight is 212 g/mol. The predicted molar refractivity (Wildman–Crippen MR) is 67.1 cm³/mol. The van der Waals surface area contributed by atoms with Gasteiger partial charge in [0.05, 0.1) is 6.61 Å². The number of allylic oxidation sites excluding steroid dienone is 3. The first kappa shape index (κ1) is 13.7. The van der Waals surface area contributed by atoms with Crippen LogP contribution in [0.5, 0.6) is 0 Å². The van der Waals surface area contributed by atoms with E-state index in [-0.39, 0.29) is 0 Å². The Morgan fingerprint density at radius 3 is 2.14 bits per heavy atom. The molecule has 1 nitrogen and oxygen atoms in total. The van der Waals surface area contributed by atoms with Gasteiger partial charge in [0.1, 0.15) is 0 Å². The van der Waals surface area contributed by atoms with E-state index >= 15 is 0 Å². The van der Waals surface area contributed by atoms with Gasteiger partial charge in [-0.1, -0.05) is 45.1 Å². The molecule has 0 fully saturated rings. The normalized spacial score (nSPS) is 14.4. The van der Waals surface area contributed by atoms with Crippen molar-refractivity contribution in [1.82, 2.24) is 0 Å². The minimum atomic E-state index is -1.54. The second kappa shape index (κ2) is 5.52. The van der Waals surface area contributed by atoms with Crippen molar-refractivity contribution in [2.75, 3.05) is 6.61 Å². The van der Waals surface area contributed by atoms with Crippen molar-refractivity contribution in [2.45, 2.75) is 45.8 Å². The van der Waals surface area contributed by atoms with Crippen molar-refractivity contribution < 1.29 is 4.43 Å². The Bertz CT molecular complexity index is 209. The fourth-order valence-electron chi connectivity index (χ4n) is 0.718. The number of rotatable bonds is 4. The van der Waals surface area contributed by atoms with Gasteiger partial charge in [-0.15, -0.1) is 0 Å². The molecular formula is C12H24OSi. The van der Waals surface area contributed by atoms with Gasteiger partial charge in [-0.05, 0) is 25.1 Å². The lowest BCUT2D eigenvalue weighted by atomic mass is 10.2. The molecule has 0 radical (unpaired) electrons. The van der Waals surface area contributed by atoms with Gasteiger partial charge in [0, 0.05) is 0 Å². The van der Waals surface area contributed by atoms with Crippen LogP contribution in [0.25, 0.3) is 0 Å². The fraction of sp³-hybridized carbons (Fsp3) is 0.667. The molecule has 0 spiro atoms. The Balaban J connectivity index is 4.01. The molecule has 82 valence electrons. The minimum absolute atomic E-state index is 0.307. The van der Waals surface area contributed by atoms with E-state index in [0.717, 1.165) is 6.61 Å². The van der Waals surface area contributed by atoms with Gasteiger partial charge < -0.3 is 4.43 Å². The fourth-order valence-corrected chi connectivity index (χ4v) is 1.66. The smallest absolute Gasteiger partial charge is 0.192 e. The van der Waals surface area contributed by atoms with E-state index < -0.39 is 8.32 Å². The maximum Gasteiger partial charge on any atom is 0.192 e. The molecule has 0 aliphatic heterocycles. The monoisotopic (exact) mass is 212 g/mol. The van der Waals surface area contributed by atoms with Crippen LogP contribution >= 0.6 is 0 Å². The zero-order valence-electron chi connectivity index (χ0n) is 10.4. The van der Waals surface area contributed by atoms with Crippen LogP contribution in [0.2, 0.25) is 18.1 Å². The maximum atomic E-state index is 5.96. The molecule has 0 saturated heterocycles. The van der Waals surface area contributed by atoms with Crippen LogP contribution in [0.1, 0.15) is 27.7 Å². The highest BCUT2D eigenvalue weighted by Gasteiger charge is 2.36. The molecule has 0 saturated carbocycles. The first-order valence-electron chi connectivity index (χ1n) is 5.23. The van der Waals surface area contributed by atoms with E-state index in [4.69, 9.17) is 4.43 Å². The summed E-state index contributed by atoms with van der Waals surface area (Å²) in [5.74, 6) is 0. The van der Waals surface area contributed by atoms with Crippen molar-refractivity contribution >= 4 is 8.32 Å². The highest BCUT2D eigenvalue weighted by atomic mass is 28.4. The van der Waals surface area contributed by atoms with Gasteiger partial charge in [-0.3, -0.25) is 0 Å². The summed E-state index contributed by atoms with van der Waals surface area (Å²) in [7, 11) is -1.54. The summed E-state index contributed by atoms with van der Waals surface area (Å²) in [5.41, 5.74) is 0. The predicted octanol–water partition coefficient (Wildman–Crippen LogP) is 4.14. The quantitative estimate of drug-likeness (QED) is 0.503. The zero-order valence-corrected chi connectivity index (χ0v) is 11.4. The summed E-state index contributed by atoms with van der Waals surface area (Å²) in [6, 6.07) is 0. The van der Waals surface area contributed by atoms with Crippen LogP contribution in [0.4, 0.5) is 0 Å². The Hall–Kier alpha value is -0.343. The number of hydrogen-bond acceptors (Lipinski definition) is 1. The molecule has 0 aromatic rings. The second-order valence-corrected chi connectivity index (χ2v) is 9.83. The van der Waals surface area contributed by atoms with Crippen molar-refractivity contribution in [2.24, 2.45) is 0 Å². The highest BCUT2D eigenvalue weighted by molar-refractivity contribution is 6.74. The SMILES string of the molecule is C/C=C/C=C\CO[Si](C)(C)C(C)(C)C. The molecule has 0 aliphatic rings. The standard InChI is InChI=1S/C12H24OSi/c1-7-8-9-10-11-13-14(5,6)12(2,3)4/h7-10H,11H2,1-6H3/b8-7+,10-9-. The minimum Gasteiger partial charge on any atom is -0.413 e. The summed E-state index contributed by atoms with van der Waals surface area (Å²) >= 11 is 0. The van der Waals surface area contributed by atoms with E-state index in [0.29, 0.717) is 5.04 Å². The molecule has 0 aromatic carbocycles. The average Bonchev–Trinajstić information content (AvgIpc) is 2.02. The third kappa shape index (κ3) is 4.77. The van der Waals surface area contributed by atoms with Crippen LogP contribution < -0.4 is 0 Å². The number of hydrogen-bond donors (Lipinski definition) is 0. The molecule has 0 aliphatic carbocycles. The Morgan fingerprint density at radius 1 is 1.14 bits per heavy atom. The molecule has 0 bridgehead atoms. The van der Waals surface area contributed by atoms with Gasteiger partial charge in [0.15, 0.2) is 8.32 Å². The zero-order chi connectivity index (χ0) is 11.2. The summed E-state index contributed by atoms with van der Waals surface area (Å²) in [6.45, 7) is 14.1. The van der Waals surface area contributed by atoms with Crippen LogP contribution in [0.15, 0.2) is 24.3 Å². The van der Waals surface area contributed by atoms with Crippen LogP contribution in [0, 0.1) is 0 Å². The molecule has 0 N–H and O–H groups in total. The molecule has 0 atom stereocenters. The molecule has 14 heavy (non-hydrogen) atoms. The molecule has 0 amide bonds.